The van der Waals surface area contributed by atoms with Crippen LogP contribution >= 0.6 is 12.2 Å². The number of para-hydroxylation sites is 1. The van der Waals surface area contributed by atoms with Gasteiger partial charge in [0.05, 0.1) is 5.52 Å². The lowest BCUT2D eigenvalue weighted by atomic mass is 10.2. The molecular formula is C17H17N5S. The van der Waals surface area contributed by atoms with E-state index in [0.29, 0.717) is 16.8 Å². The molecule has 23 heavy (non-hydrogen) atoms. The second kappa shape index (κ2) is 6.68. The van der Waals surface area contributed by atoms with Gasteiger partial charge in [0.2, 0.25) is 0 Å². The normalized spacial score (nSPS) is 10.7. The fourth-order valence-corrected chi connectivity index (χ4v) is 2.51. The van der Waals surface area contributed by atoms with Gasteiger partial charge in [0.25, 0.3) is 0 Å². The molecule has 0 radical (unpaired) electrons. The summed E-state index contributed by atoms with van der Waals surface area (Å²) in [5, 5.41) is 6.34. The van der Waals surface area contributed by atoms with E-state index in [4.69, 9.17) is 12.2 Å². The van der Waals surface area contributed by atoms with Crippen molar-refractivity contribution in [3.8, 4) is 11.4 Å². The van der Waals surface area contributed by atoms with Crippen LogP contribution < -0.4 is 10.7 Å². The summed E-state index contributed by atoms with van der Waals surface area (Å²) in [7, 11) is 3.75. The summed E-state index contributed by atoms with van der Waals surface area (Å²) in [5.74, 6) is 1.35. The van der Waals surface area contributed by atoms with Gasteiger partial charge in [-0.3, -0.25) is 5.43 Å². The molecule has 0 aliphatic carbocycles. The van der Waals surface area contributed by atoms with Gasteiger partial charge in [-0.2, -0.15) is 0 Å². The van der Waals surface area contributed by atoms with Crippen LogP contribution in [0.15, 0.2) is 54.6 Å². The van der Waals surface area contributed by atoms with E-state index in [1.807, 2.05) is 68.7 Å². The molecule has 0 fully saturated rings. The van der Waals surface area contributed by atoms with Crippen LogP contribution in [0.4, 0.5) is 5.82 Å². The van der Waals surface area contributed by atoms with E-state index in [9.17, 15) is 0 Å². The zero-order valence-corrected chi connectivity index (χ0v) is 13.8. The minimum absolute atomic E-state index is 0.484. The molecule has 0 spiro atoms. The summed E-state index contributed by atoms with van der Waals surface area (Å²) in [4.78, 5) is 9.30. The van der Waals surface area contributed by atoms with Crippen LogP contribution in [0, 0.1) is 0 Å². The highest BCUT2D eigenvalue weighted by atomic mass is 32.1. The molecule has 3 aromatic rings. The number of nitrogens with one attached hydrogen (secondary N) is 2. The maximum atomic E-state index is 5.31. The van der Waals surface area contributed by atoms with Crippen LogP contribution in [0.2, 0.25) is 0 Å². The summed E-state index contributed by atoms with van der Waals surface area (Å²) in [5.41, 5.74) is 4.85. The highest BCUT2D eigenvalue weighted by molar-refractivity contribution is 7.80. The maximum absolute atomic E-state index is 5.31. The number of hydrogen-bond donors (Lipinski definition) is 2. The zero-order valence-electron chi connectivity index (χ0n) is 12.9. The Morgan fingerprint density at radius 2 is 1.65 bits per heavy atom. The van der Waals surface area contributed by atoms with Gasteiger partial charge < -0.3 is 5.32 Å². The van der Waals surface area contributed by atoms with E-state index in [0.717, 1.165) is 16.5 Å². The monoisotopic (exact) mass is 323 g/mol. The number of aromatic nitrogens is 2. The summed E-state index contributed by atoms with van der Waals surface area (Å²) in [6, 6.07) is 17.8. The Kier molecular flexibility index (Phi) is 4.45. The number of anilines is 1. The van der Waals surface area contributed by atoms with Crippen LogP contribution in [-0.2, 0) is 0 Å². The van der Waals surface area contributed by atoms with Crippen molar-refractivity contribution in [2.45, 2.75) is 0 Å². The van der Waals surface area contributed by atoms with Crippen molar-refractivity contribution in [3.05, 3.63) is 54.6 Å². The lowest BCUT2D eigenvalue weighted by molar-refractivity contribution is 0.365. The molecule has 0 saturated carbocycles. The highest BCUT2D eigenvalue weighted by Crippen LogP contribution is 2.24. The molecule has 5 nitrogen and oxygen atoms in total. The molecule has 2 aromatic carbocycles. The topological polar surface area (TPSA) is 53.1 Å². The maximum Gasteiger partial charge on any atom is 0.186 e. The number of hydrazine groups is 1. The van der Waals surface area contributed by atoms with Crippen LogP contribution in [0.1, 0.15) is 0 Å². The van der Waals surface area contributed by atoms with Crippen LogP contribution in [0.25, 0.3) is 22.3 Å². The molecule has 0 aliphatic heterocycles. The molecule has 1 aromatic heterocycles. The highest BCUT2D eigenvalue weighted by Gasteiger charge is 2.10. The molecular weight excluding hydrogens is 306 g/mol. The smallest absolute Gasteiger partial charge is 0.186 e. The van der Waals surface area contributed by atoms with Gasteiger partial charge in [0.1, 0.15) is 5.82 Å². The quantitative estimate of drug-likeness (QED) is 0.571. The Bertz CT molecular complexity index is 833. The fourth-order valence-electron chi connectivity index (χ4n) is 2.23. The number of fused-ring (bicyclic) bond motifs is 1. The second-order valence-electron chi connectivity index (χ2n) is 5.24. The first-order valence-electron chi connectivity index (χ1n) is 7.20. The third-order valence-electron chi connectivity index (χ3n) is 3.19. The minimum atomic E-state index is 0.484. The lowest BCUT2D eigenvalue weighted by Crippen LogP contribution is -2.39. The van der Waals surface area contributed by atoms with E-state index in [1.54, 1.807) is 5.01 Å². The van der Waals surface area contributed by atoms with Crippen molar-refractivity contribution in [2.75, 3.05) is 19.4 Å². The molecule has 116 valence electrons. The minimum Gasteiger partial charge on any atom is -0.316 e. The summed E-state index contributed by atoms with van der Waals surface area (Å²) >= 11 is 5.31. The summed E-state index contributed by atoms with van der Waals surface area (Å²) in [6.45, 7) is 0. The summed E-state index contributed by atoms with van der Waals surface area (Å²) in [6.07, 6.45) is 0. The van der Waals surface area contributed by atoms with E-state index in [-0.39, 0.29) is 0 Å². The Hall–Kier alpha value is -2.57. The molecule has 3 rings (SSSR count). The van der Waals surface area contributed by atoms with E-state index in [2.05, 4.69) is 20.7 Å². The number of hydrogen-bond acceptors (Lipinski definition) is 4. The fraction of sp³-hybridized carbons (Fsp3) is 0.118. The number of thiocarbonyl (C=S) groups is 1. The first-order chi connectivity index (χ1) is 11.1. The Morgan fingerprint density at radius 3 is 2.39 bits per heavy atom. The molecule has 6 heteroatoms. The van der Waals surface area contributed by atoms with E-state index >= 15 is 0 Å². The van der Waals surface area contributed by atoms with Crippen LogP contribution in [0.5, 0.6) is 0 Å². The van der Waals surface area contributed by atoms with Crippen molar-refractivity contribution in [1.29, 1.82) is 0 Å². The molecule has 0 atom stereocenters. The predicted octanol–water partition coefficient (Wildman–Crippen LogP) is 3.06. The molecule has 0 bridgehead atoms. The zero-order chi connectivity index (χ0) is 16.2. The van der Waals surface area contributed by atoms with Crippen molar-refractivity contribution < 1.29 is 0 Å². The molecule has 0 aliphatic rings. The average Bonchev–Trinajstić information content (AvgIpc) is 2.55. The van der Waals surface area contributed by atoms with Crippen molar-refractivity contribution in [1.82, 2.24) is 20.4 Å². The van der Waals surface area contributed by atoms with Crippen molar-refractivity contribution in [3.63, 3.8) is 0 Å². The number of rotatable bonds is 3. The third kappa shape index (κ3) is 3.61. The molecule has 0 unspecified atom stereocenters. The van der Waals surface area contributed by atoms with Gasteiger partial charge >= 0.3 is 0 Å². The summed E-state index contributed by atoms with van der Waals surface area (Å²) < 4.78 is 0. The SMILES string of the molecule is CN(C)NC(=S)Nc1nc(-c2ccccc2)nc2ccccc12. The van der Waals surface area contributed by atoms with Crippen LogP contribution in [0.3, 0.4) is 0 Å². The molecule has 2 N–H and O–H groups in total. The van der Waals surface area contributed by atoms with Gasteiger partial charge in [-0.1, -0.05) is 42.5 Å². The first-order valence-corrected chi connectivity index (χ1v) is 7.61. The predicted molar refractivity (Wildman–Crippen MR) is 98.0 cm³/mol. The van der Waals surface area contributed by atoms with Crippen LogP contribution in [-0.4, -0.2) is 34.2 Å². The van der Waals surface area contributed by atoms with Gasteiger partial charge in [0.15, 0.2) is 10.9 Å². The standard InChI is InChI=1S/C17H17N5S/c1-22(2)21-17(23)20-16-13-10-6-7-11-14(13)18-15(19-16)12-8-4-3-5-9-12/h3-11H,1-2H3,(H2,18,19,20,21,23). The first kappa shape index (κ1) is 15.3. The number of nitrogens with zero attached hydrogens (tertiary/aromatic N) is 3. The largest absolute Gasteiger partial charge is 0.316 e. The van der Waals surface area contributed by atoms with Gasteiger partial charge in [-0.15, -0.1) is 0 Å². The lowest BCUT2D eigenvalue weighted by Gasteiger charge is -2.16. The molecule has 0 amide bonds. The van der Waals surface area contributed by atoms with E-state index in [1.165, 1.54) is 0 Å². The molecule has 1 heterocycles. The van der Waals surface area contributed by atoms with Crippen molar-refractivity contribution in [2.24, 2.45) is 0 Å². The third-order valence-corrected chi connectivity index (χ3v) is 3.39. The Balaban J connectivity index is 2.06. The Morgan fingerprint density at radius 1 is 0.957 bits per heavy atom. The number of benzene rings is 2. The average molecular weight is 323 g/mol. The second-order valence-corrected chi connectivity index (χ2v) is 5.65. The van der Waals surface area contributed by atoms with Gasteiger partial charge in [-0.25, -0.2) is 15.0 Å². The van der Waals surface area contributed by atoms with Crippen molar-refractivity contribution >= 4 is 34.1 Å². The van der Waals surface area contributed by atoms with E-state index < -0.39 is 0 Å². The van der Waals surface area contributed by atoms with Gasteiger partial charge in [-0.05, 0) is 24.4 Å². The van der Waals surface area contributed by atoms with Gasteiger partial charge in [0, 0.05) is 25.0 Å². The Labute approximate surface area is 140 Å². The molecule has 0 saturated heterocycles.